The maximum absolute atomic E-state index is 6.17. The number of hydrogen-bond donors (Lipinski definition) is 2. The molecule has 1 aromatic heterocycles. The third-order valence-electron chi connectivity index (χ3n) is 4.49. The van der Waals surface area contributed by atoms with Gasteiger partial charge in [-0.25, -0.2) is 0 Å². The molecule has 1 spiro atoms. The number of thiophene rings is 1. The van der Waals surface area contributed by atoms with Gasteiger partial charge in [0.2, 0.25) is 0 Å². The lowest BCUT2D eigenvalue weighted by Gasteiger charge is -2.45. The zero-order chi connectivity index (χ0) is 13.1. The van der Waals surface area contributed by atoms with Gasteiger partial charge < -0.3 is 4.74 Å². The lowest BCUT2D eigenvalue weighted by atomic mass is 9.77. The van der Waals surface area contributed by atoms with Gasteiger partial charge in [0.05, 0.1) is 5.60 Å². The number of nitrogens with two attached hydrogens (primary N) is 1. The van der Waals surface area contributed by atoms with Crippen LogP contribution in [0, 0.1) is 5.92 Å². The highest BCUT2D eigenvalue weighted by Crippen LogP contribution is 2.43. The highest BCUT2D eigenvalue weighted by molar-refractivity contribution is 7.99. The van der Waals surface area contributed by atoms with Crippen molar-refractivity contribution in [2.24, 2.45) is 11.8 Å². The van der Waals surface area contributed by atoms with E-state index in [1.54, 1.807) is 11.3 Å². The Morgan fingerprint density at radius 3 is 2.95 bits per heavy atom. The molecule has 2 saturated heterocycles. The van der Waals surface area contributed by atoms with Gasteiger partial charge in [-0.15, -0.1) is 0 Å². The maximum Gasteiger partial charge on any atom is 0.0701 e. The van der Waals surface area contributed by atoms with E-state index in [1.807, 2.05) is 0 Å². The lowest BCUT2D eigenvalue weighted by Crippen LogP contribution is -2.46. The maximum atomic E-state index is 6.17. The number of nitrogens with one attached hydrogen (secondary N) is 1. The van der Waals surface area contributed by atoms with Crippen molar-refractivity contribution in [3.8, 4) is 0 Å². The molecule has 0 aliphatic carbocycles. The van der Waals surface area contributed by atoms with Gasteiger partial charge in [0.15, 0.2) is 0 Å². The minimum atomic E-state index is 0.138. The first-order valence-corrected chi connectivity index (χ1v) is 9.13. The largest absolute Gasteiger partial charge is 0.375 e. The van der Waals surface area contributed by atoms with E-state index < -0.39 is 0 Å². The van der Waals surface area contributed by atoms with Crippen LogP contribution in [0.3, 0.4) is 0 Å². The second kappa shape index (κ2) is 6.14. The van der Waals surface area contributed by atoms with Crippen molar-refractivity contribution in [3.63, 3.8) is 0 Å². The number of ether oxygens (including phenoxy) is 1. The van der Waals surface area contributed by atoms with E-state index in [4.69, 9.17) is 10.6 Å². The van der Waals surface area contributed by atoms with Crippen molar-refractivity contribution < 1.29 is 4.74 Å². The Labute approximate surface area is 123 Å². The van der Waals surface area contributed by atoms with Crippen molar-refractivity contribution in [2.75, 3.05) is 18.1 Å². The van der Waals surface area contributed by atoms with Gasteiger partial charge in [-0.3, -0.25) is 11.3 Å². The zero-order valence-corrected chi connectivity index (χ0v) is 12.8. The molecule has 3 N–H and O–H groups in total. The summed E-state index contributed by atoms with van der Waals surface area (Å²) in [6, 6.07) is 2.47. The predicted octanol–water partition coefficient (Wildman–Crippen LogP) is 2.94. The second-order valence-electron chi connectivity index (χ2n) is 5.60. The SMILES string of the molecule is NNC(c1ccsc1)C1CCOC2(CCSCC2)C1. The van der Waals surface area contributed by atoms with Crippen molar-refractivity contribution in [1.82, 2.24) is 5.43 Å². The van der Waals surface area contributed by atoms with Crippen LogP contribution >= 0.6 is 23.1 Å². The molecule has 3 nitrogen and oxygen atoms in total. The zero-order valence-electron chi connectivity index (χ0n) is 11.1. The molecular formula is C14H22N2OS2. The van der Waals surface area contributed by atoms with Gasteiger partial charge in [-0.1, -0.05) is 0 Å². The lowest BCUT2D eigenvalue weighted by molar-refractivity contribution is -0.107. The topological polar surface area (TPSA) is 47.3 Å². The summed E-state index contributed by atoms with van der Waals surface area (Å²) in [6.07, 6.45) is 4.67. The van der Waals surface area contributed by atoms with E-state index >= 15 is 0 Å². The van der Waals surface area contributed by atoms with Crippen LogP contribution in [0.1, 0.15) is 37.3 Å². The molecular weight excluding hydrogens is 276 g/mol. The molecule has 0 aromatic carbocycles. The Bertz CT molecular complexity index is 385. The smallest absolute Gasteiger partial charge is 0.0701 e. The third kappa shape index (κ3) is 3.00. The van der Waals surface area contributed by atoms with Gasteiger partial charge in [-0.05, 0) is 65.5 Å². The van der Waals surface area contributed by atoms with Gasteiger partial charge in [0.25, 0.3) is 0 Å². The number of hydrazine groups is 1. The number of hydrogen-bond acceptors (Lipinski definition) is 5. The average molecular weight is 298 g/mol. The summed E-state index contributed by atoms with van der Waals surface area (Å²) in [5.74, 6) is 8.90. The molecule has 106 valence electrons. The fourth-order valence-corrected chi connectivity index (χ4v) is 5.33. The number of thioether (sulfide) groups is 1. The molecule has 2 aliphatic heterocycles. The minimum absolute atomic E-state index is 0.138. The molecule has 2 unspecified atom stereocenters. The molecule has 0 saturated carbocycles. The van der Waals surface area contributed by atoms with Crippen LogP contribution in [0.4, 0.5) is 0 Å². The minimum Gasteiger partial charge on any atom is -0.375 e. The fourth-order valence-electron chi connectivity index (χ4n) is 3.40. The molecule has 0 bridgehead atoms. The molecule has 3 rings (SSSR count). The van der Waals surface area contributed by atoms with Gasteiger partial charge in [0, 0.05) is 12.6 Å². The van der Waals surface area contributed by atoms with Crippen molar-refractivity contribution in [3.05, 3.63) is 22.4 Å². The molecule has 2 atom stereocenters. The predicted molar refractivity (Wildman–Crippen MR) is 82.3 cm³/mol. The van der Waals surface area contributed by atoms with Crippen LogP contribution in [-0.4, -0.2) is 23.7 Å². The third-order valence-corrected chi connectivity index (χ3v) is 6.18. The van der Waals surface area contributed by atoms with Crippen molar-refractivity contribution in [1.29, 1.82) is 0 Å². The Kier molecular flexibility index (Phi) is 4.49. The van der Waals surface area contributed by atoms with E-state index in [0.29, 0.717) is 5.92 Å². The summed E-state index contributed by atoms with van der Waals surface area (Å²) in [7, 11) is 0. The molecule has 2 fully saturated rings. The molecule has 19 heavy (non-hydrogen) atoms. The molecule has 3 heterocycles. The van der Waals surface area contributed by atoms with Crippen molar-refractivity contribution >= 4 is 23.1 Å². The Hall–Kier alpha value is -0.0700. The molecule has 0 amide bonds. The quantitative estimate of drug-likeness (QED) is 0.665. The fraction of sp³-hybridized carbons (Fsp3) is 0.714. The van der Waals surface area contributed by atoms with Crippen molar-refractivity contribution in [2.45, 2.75) is 37.3 Å². The summed E-state index contributed by atoms with van der Waals surface area (Å²) in [4.78, 5) is 0. The van der Waals surface area contributed by atoms with E-state index in [0.717, 1.165) is 19.4 Å². The molecule has 0 radical (unpaired) electrons. The standard InChI is InChI=1S/C14H22N2OS2/c15-16-13(12-2-6-19-10-12)11-1-5-17-14(9-11)3-7-18-8-4-14/h2,6,10-11,13,16H,1,3-5,7-9,15H2. The van der Waals surface area contributed by atoms with E-state index in [1.165, 1.54) is 29.9 Å². The van der Waals surface area contributed by atoms with E-state index in [2.05, 4.69) is 34.0 Å². The van der Waals surface area contributed by atoms with Gasteiger partial charge >= 0.3 is 0 Å². The van der Waals surface area contributed by atoms with Crippen LogP contribution in [-0.2, 0) is 4.74 Å². The first kappa shape index (κ1) is 13.9. The van der Waals surface area contributed by atoms with Gasteiger partial charge in [-0.2, -0.15) is 23.1 Å². The highest BCUT2D eigenvalue weighted by Gasteiger charge is 2.41. The molecule has 1 aromatic rings. The summed E-state index contributed by atoms with van der Waals surface area (Å²) in [5.41, 5.74) is 4.51. The van der Waals surface area contributed by atoms with Crippen LogP contribution in [0.15, 0.2) is 16.8 Å². The average Bonchev–Trinajstić information content (AvgIpc) is 2.95. The Morgan fingerprint density at radius 1 is 1.42 bits per heavy atom. The first-order chi connectivity index (χ1) is 9.33. The van der Waals surface area contributed by atoms with Crippen LogP contribution in [0.25, 0.3) is 0 Å². The molecule has 5 heteroatoms. The van der Waals surface area contributed by atoms with E-state index in [-0.39, 0.29) is 11.6 Å². The molecule has 2 aliphatic rings. The number of rotatable bonds is 3. The first-order valence-electron chi connectivity index (χ1n) is 7.03. The monoisotopic (exact) mass is 298 g/mol. The van der Waals surface area contributed by atoms with E-state index in [9.17, 15) is 0 Å². The highest BCUT2D eigenvalue weighted by atomic mass is 32.2. The summed E-state index contributed by atoms with van der Waals surface area (Å²) >= 11 is 3.80. The Morgan fingerprint density at radius 2 is 2.26 bits per heavy atom. The van der Waals surface area contributed by atoms with Crippen LogP contribution in [0.5, 0.6) is 0 Å². The summed E-state index contributed by atoms with van der Waals surface area (Å²) in [5, 5.41) is 4.34. The van der Waals surface area contributed by atoms with Crippen LogP contribution < -0.4 is 11.3 Å². The van der Waals surface area contributed by atoms with Gasteiger partial charge in [0.1, 0.15) is 0 Å². The summed E-state index contributed by atoms with van der Waals surface area (Å²) < 4.78 is 6.17. The second-order valence-corrected chi connectivity index (χ2v) is 7.60. The van der Waals surface area contributed by atoms with Crippen LogP contribution in [0.2, 0.25) is 0 Å². The Balaban J connectivity index is 1.73. The summed E-state index contributed by atoms with van der Waals surface area (Å²) in [6.45, 7) is 0.887. The normalized spacial score (nSPS) is 28.4.